The average Bonchev–Trinajstić information content (AvgIpc) is 2.78. The van der Waals surface area contributed by atoms with Crippen LogP contribution in [0.3, 0.4) is 0 Å². The van der Waals surface area contributed by atoms with Crippen LogP contribution in [0.5, 0.6) is 0 Å². The molecule has 0 saturated carbocycles. The number of amidine groups is 1. The minimum atomic E-state index is -0.789. The van der Waals surface area contributed by atoms with Gasteiger partial charge in [0.15, 0.2) is 5.17 Å². The maximum Gasteiger partial charge on any atom is 0.340 e. The summed E-state index contributed by atoms with van der Waals surface area (Å²) < 4.78 is 0. The summed E-state index contributed by atoms with van der Waals surface area (Å²) in [5, 5.41) is 0.586. The van der Waals surface area contributed by atoms with Gasteiger partial charge in [0.2, 0.25) is 5.91 Å². The maximum atomic E-state index is 12.1. The zero-order valence-corrected chi connectivity index (χ0v) is 12.8. The summed E-state index contributed by atoms with van der Waals surface area (Å²) in [5.74, 6) is 0.185. The largest absolute Gasteiger partial charge is 0.350 e. The molecular weight excluding hydrogens is 294 g/mol. The van der Waals surface area contributed by atoms with Gasteiger partial charge in [-0.3, -0.25) is 9.69 Å². The first-order valence-corrected chi connectivity index (χ1v) is 8.27. The second-order valence-corrected chi connectivity index (χ2v) is 6.31. The molecule has 0 aromatic heterocycles. The number of carbonyl (C=O) groups excluding carboxylic acids is 2. The van der Waals surface area contributed by atoms with Gasteiger partial charge in [-0.25, -0.2) is 4.79 Å². The van der Waals surface area contributed by atoms with Crippen molar-refractivity contribution in [3.63, 3.8) is 0 Å². The maximum absolute atomic E-state index is 12.1. The van der Waals surface area contributed by atoms with E-state index in [-0.39, 0.29) is 16.9 Å². The Morgan fingerprint density at radius 1 is 1.50 bits per heavy atom. The van der Waals surface area contributed by atoms with Crippen LogP contribution >= 0.6 is 23.5 Å². The number of anilines is 1. The minimum Gasteiger partial charge on any atom is -0.350 e. The number of hydrogen-bond acceptors (Lipinski definition) is 4. The molecule has 1 fully saturated rings. The third kappa shape index (κ3) is 2.99. The van der Waals surface area contributed by atoms with Crippen LogP contribution in [0.1, 0.15) is 17.7 Å². The van der Waals surface area contributed by atoms with Gasteiger partial charge in [0.05, 0.1) is 11.4 Å². The number of urea groups is 1. The zero-order valence-electron chi connectivity index (χ0n) is 11.2. The molecule has 3 amide bonds. The summed E-state index contributed by atoms with van der Waals surface area (Å²) in [6.45, 7) is 2.07. The molecule has 20 heavy (non-hydrogen) atoms. The normalized spacial score (nSPS) is 18.6. The first-order valence-electron chi connectivity index (χ1n) is 6.00. The fourth-order valence-corrected chi connectivity index (χ4v) is 3.26. The number of carbonyl (C=O) groups is 2. The molecule has 1 aliphatic heterocycles. The van der Waals surface area contributed by atoms with E-state index in [1.165, 1.54) is 16.7 Å². The molecule has 1 unspecified atom stereocenters. The van der Waals surface area contributed by atoms with E-state index in [9.17, 15) is 9.59 Å². The molecule has 2 rings (SSSR count). The van der Waals surface area contributed by atoms with Crippen LogP contribution in [0.25, 0.3) is 0 Å². The lowest BCUT2D eigenvalue weighted by Gasteiger charge is -2.22. The van der Waals surface area contributed by atoms with Gasteiger partial charge in [0, 0.05) is 5.25 Å². The van der Waals surface area contributed by atoms with Crippen LogP contribution in [0.4, 0.5) is 10.5 Å². The van der Waals surface area contributed by atoms with Crippen molar-refractivity contribution >= 4 is 46.3 Å². The second kappa shape index (κ2) is 6.32. The highest BCUT2D eigenvalue weighted by Gasteiger charge is 2.32. The Balaban J connectivity index is 2.48. The van der Waals surface area contributed by atoms with Crippen molar-refractivity contribution in [1.82, 2.24) is 0 Å². The lowest BCUT2D eigenvalue weighted by Crippen LogP contribution is -2.31. The monoisotopic (exact) mass is 309 g/mol. The molecule has 2 N–H and O–H groups in total. The van der Waals surface area contributed by atoms with E-state index in [0.717, 1.165) is 11.3 Å². The fourth-order valence-electron chi connectivity index (χ4n) is 1.94. The molecule has 1 atom stereocenters. The second-order valence-electron chi connectivity index (χ2n) is 4.19. The Labute approximate surface area is 126 Å². The van der Waals surface area contributed by atoms with Crippen molar-refractivity contribution in [3.05, 3.63) is 29.8 Å². The first kappa shape index (κ1) is 14.9. The van der Waals surface area contributed by atoms with Crippen LogP contribution in [-0.4, -0.2) is 29.1 Å². The Bertz CT molecular complexity index is 574. The number of nitrogens with two attached hydrogens (primary N) is 1. The van der Waals surface area contributed by atoms with Crippen LogP contribution < -0.4 is 10.6 Å². The summed E-state index contributed by atoms with van der Waals surface area (Å²) in [4.78, 5) is 28.3. The van der Waals surface area contributed by atoms with E-state index < -0.39 is 6.03 Å². The summed E-state index contributed by atoms with van der Waals surface area (Å²) in [5.41, 5.74) is 6.90. The lowest BCUT2D eigenvalue weighted by atomic mass is 10.1. The molecule has 7 heteroatoms. The van der Waals surface area contributed by atoms with Gasteiger partial charge >= 0.3 is 6.03 Å². The van der Waals surface area contributed by atoms with E-state index in [4.69, 9.17) is 5.73 Å². The summed E-state index contributed by atoms with van der Waals surface area (Å²) in [6, 6.07) is 6.85. The highest BCUT2D eigenvalue weighted by molar-refractivity contribution is 8.15. The highest BCUT2D eigenvalue weighted by Crippen LogP contribution is 2.36. The number of aliphatic imine (C=N–C) groups is 1. The molecule has 1 aromatic carbocycles. The highest BCUT2D eigenvalue weighted by atomic mass is 32.2. The van der Waals surface area contributed by atoms with Gasteiger partial charge in [0.25, 0.3) is 0 Å². The van der Waals surface area contributed by atoms with Crippen molar-refractivity contribution in [1.29, 1.82) is 0 Å². The molecular formula is C13H15N3O2S2. The van der Waals surface area contributed by atoms with Crippen LogP contribution in [0.2, 0.25) is 0 Å². The molecule has 0 radical (unpaired) electrons. The van der Waals surface area contributed by atoms with Crippen molar-refractivity contribution in [3.8, 4) is 0 Å². The molecule has 1 saturated heterocycles. The van der Waals surface area contributed by atoms with Gasteiger partial charge in [-0.2, -0.15) is 16.8 Å². The number of primary amides is 1. The van der Waals surface area contributed by atoms with E-state index >= 15 is 0 Å². The number of hydrogen-bond donors (Lipinski definition) is 1. The first-order chi connectivity index (χ1) is 9.54. The summed E-state index contributed by atoms with van der Waals surface area (Å²) in [7, 11) is 0. The number of nitrogens with zero attached hydrogens (tertiary/aromatic N) is 2. The summed E-state index contributed by atoms with van der Waals surface area (Å²) >= 11 is 2.92. The number of rotatable bonds is 3. The number of amides is 3. The van der Waals surface area contributed by atoms with Gasteiger partial charge in [-0.1, -0.05) is 30.0 Å². The number of benzene rings is 1. The smallest absolute Gasteiger partial charge is 0.340 e. The van der Waals surface area contributed by atoms with E-state index in [2.05, 4.69) is 11.9 Å². The quantitative estimate of drug-likeness (QED) is 0.931. The molecule has 1 aliphatic rings. The third-order valence-electron chi connectivity index (χ3n) is 2.94. The fraction of sp³-hybridized carbons (Fsp3) is 0.308. The van der Waals surface area contributed by atoms with E-state index in [0.29, 0.717) is 5.17 Å². The average molecular weight is 309 g/mol. The third-order valence-corrected chi connectivity index (χ3v) is 4.82. The minimum absolute atomic E-state index is 0.0873. The summed E-state index contributed by atoms with van der Waals surface area (Å²) in [6.07, 6.45) is 2.01. The van der Waals surface area contributed by atoms with Crippen molar-refractivity contribution in [2.24, 2.45) is 10.7 Å². The Morgan fingerprint density at radius 2 is 2.20 bits per heavy atom. The molecule has 0 spiro atoms. The van der Waals surface area contributed by atoms with Crippen LogP contribution in [0.15, 0.2) is 29.3 Å². The van der Waals surface area contributed by atoms with Crippen LogP contribution in [-0.2, 0) is 4.79 Å². The number of thioether (sulfide) groups is 2. The molecule has 0 aliphatic carbocycles. The van der Waals surface area contributed by atoms with Gasteiger partial charge < -0.3 is 5.73 Å². The molecule has 0 bridgehead atoms. The SMILES string of the molecule is CSC(C)c1ccccc1N1C(=O)CSC1=NC(N)=O. The standard InChI is InChI=1S/C13H15N3O2S2/c1-8(19-2)9-5-3-4-6-10(9)16-11(17)7-20-13(16)15-12(14)18/h3-6,8H,7H2,1-2H3,(H2,14,18). The van der Waals surface area contributed by atoms with Crippen LogP contribution in [0, 0.1) is 0 Å². The Morgan fingerprint density at radius 3 is 2.85 bits per heavy atom. The molecule has 1 heterocycles. The van der Waals surface area contributed by atoms with Gasteiger partial charge in [0.1, 0.15) is 0 Å². The van der Waals surface area contributed by atoms with E-state index in [1.807, 2.05) is 30.5 Å². The number of para-hydroxylation sites is 1. The van der Waals surface area contributed by atoms with Gasteiger partial charge in [-0.05, 0) is 24.8 Å². The van der Waals surface area contributed by atoms with Crippen molar-refractivity contribution < 1.29 is 9.59 Å². The van der Waals surface area contributed by atoms with E-state index in [1.54, 1.807) is 11.8 Å². The molecule has 106 valence electrons. The van der Waals surface area contributed by atoms with Crippen molar-refractivity contribution in [2.45, 2.75) is 12.2 Å². The van der Waals surface area contributed by atoms with Gasteiger partial charge in [-0.15, -0.1) is 0 Å². The lowest BCUT2D eigenvalue weighted by molar-refractivity contribution is -0.115. The Hall–Kier alpha value is -1.47. The zero-order chi connectivity index (χ0) is 14.7. The predicted molar refractivity (Wildman–Crippen MR) is 85.3 cm³/mol. The molecule has 1 aromatic rings. The predicted octanol–water partition coefficient (Wildman–Crippen LogP) is 2.63. The van der Waals surface area contributed by atoms with Crippen molar-refractivity contribution in [2.75, 3.05) is 16.9 Å². The Kier molecular flexibility index (Phi) is 4.72. The topological polar surface area (TPSA) is 75.8 Å². The molecule has 5 nitrogen and oxygen atoms in total.